The van der Waals surface area contributed by atoms with Crippen molar-refractivity contribution in [3.63, 3.8) is 0 Å². The third-order valence-electron chi connectivity index (χ3n) is 3.27. The second-order valence-corrected chi connectivity index (χ2v) is 5.60. The molecule has 0 aliphatic carbocycles. The van der Waals surface area contributed by atoms with E-state index < -0.39 is 0 Å². The van der Waals surface area contributed by atoms with Gasteiger partial charge in [-0.25, -0.2) is 0 Å². The van der Waals surface area contributed by atoms with Crippen molar-refractivity contribution in [1.29, 1.82) is 5.26 Å². The molecule has 0 saturated carbocycles. The fourth-order valence-electron chi connectivity index (χ4n) is 1.93. The van der Waals surface area contributed by atoms with Gasteiger partial charge in [-0.3, -0.25) is 0 Å². The van der Waals surface area contributed by atoms with E-state index in [9.17, 15) is 0 Å². The predicted octanol–water partition coefficient (Wildman–Crippen LogP) is 3.16. The molecule has 3 heteroatoms. The van der Waals surface area contributed by atoms with Crippen molar-refractivity contribution in [2.45, 2.75) is 33.1 Å². The quantitative estimate of drug-likeness (QED) is 0.730. The molecular formula is C16H24N2O. The van der Waals surface area contributed by atoms with E-state index in [-0.39, 0.29) is 5.41 Å². The monoisotopic (exact) mass is 260 g/mol. The van der Waals surface area contributed by atoms with Gasteiger partial charge in [-0.05, 0) is 42.5 Å². The number of hydrogen-bond acceptors (Lipinski definition) is 3. The first kappa shape index (κ1) is 15.5. The van der Waals surface area contributed by atoms with Crippen LogP contribution in [0.25, 0.3) is 0 Å². The van der Waals surface area contributed by atoms with Crippen LogP contribution < -0.4 is 10.1 Å². The van der Waals surface area contributed by atoms with Gasteiger partial charge in [0.2, 0.25) is 0 Å². The molecule has 3 nitrogen and oxygen atoms in total. The first-order chi connectivity index (χ1) is 9.07. The zero-order valence-electron chi connectivity index (χ0n) is 12.2. The van der Waals surface area contributed by atoms with E-state index in [2.05, 4.69) is 37.4 Å². The molecule has 0 aliphatic heterocycles. The Morgan fingerprint density at radius 3 is 2.53 bits per heavy atom. The fourth-order valence-corrected chi connectivity index (χ4v) is 1.93. The highest BCUT2D eigenvalue weighted by Crippen LogP contribution is 2.20. The minimum Gasteiger partial charge on any atom is -0.497 e. The number of nitrogens with zero attached hydrogens (tertiary/aromatic N) is 1. The van der Waals surface area contributed by atoms with Gasteiger partial charge in [-0.15, -0.1) is 0 Å². The average Bonchev–Trinajstić information content (AvgIpc) is 2.42. The molecule has 0 aromatic heterocycles. The van der Waals surface area contributed by atoms with E-state index in [1.165, 1.54) is 5.56 Å². The molecule has 0 saturated heterocycles. The SMILES string of the molecule is COc1ccc(CCNCC(C)(C)CCC#N)cc1. The smallest absolute Gasteiger partial charge is 0.118 e. The Morgan fingerprint density at radius 2 is 1.95 bits per heavy atom. The molecule has 1 aromatic carbocycles. The van der Waals surface area contributed by atoms with E-state index in [0.717, 1.165) is 31.7 Å². The third-order valence-corrected chi connectivity index (χ3v) is 3.27. The summed E-state index contributed by atoms with van der Waals surface area (Å²) in [7, 11) is 1.68. The lowest BCUT2D eigenvalue weighted by Gasteiger charge is -2.23. The normalized spacial score (nSPS) is 11.1. The van der Waals surface area contributed by atoms with E-state index >= 15 is 0 Å². The lowest BCUT2D eigenvalue weighted by Crippen LogP contribution is -2.30. The Kier molecular flexibility index (Phi) is 6.38. The summed E-state index contributed by atoms with van der Waals surface area (Å²) in [6.07, 6.45) is 2.59. The van der Waals surface area contributed by atoms with Crippen molar-refractivity contribution in [1.82, 2.24) is 5.32 Å². The van der Waals surface area contributed by atoms with E-state index in [1.54, 1.807) is 7.11 Å². The van der Waals surface area contributed by atoms with Crippen LogP contribution in [0.3, 0.4) is 0 Å². The summed E-state index contributed by atoms with van der Waals surface area (Å²) < 4.78 is 5.14. The topological polar surface area (TPSA) is 45.0 Å². The Labute approximate surface area is 116 Å². The van der Waals surface area contributed by atoms with Crippen LogP contribution >= 0.6 is 0 Å². The second-order valence-electron chi connectivity index (χ2n) is 5.60. The van der Waals surface area contributed by atoms with Gasteiger partial charge in [0.15, 0.2) is 0 Å². The summed E-state index contributed by atoms with van der Waals surface area (Å²) in [5, 5.41) is 12.1. The Balaban J connectivity index is 2.24. The maximum atomic E-state index is 8.61. The van der Waals surface area contributed by atoms with Crippen molar-refractivity contribution < 1.29 is 4.74 Å². The number of hydrogen-bond donors (Lipinski definition) is 1. The molecule has 1 aromatic rings. The third kappa shape index (κ3) is 6.26. The van der Waals surface area contributed by atoms with Crippen LogP contribution in [0.1, 0.15) is 32.3 Å². The number of ether oxygens (including phenoxy) is 1. The largest absolute Gasteiger partial charge is 0.497 e. The summed E-state index contributed by atoms with van der Waals surface area (Å²) in [5.41, 5.74) is 1.50. The van der Waals surface area contributed by atoms with Crippen LogP contribution in [0.2, 0.25) is 0 Å². The van der Waals surface area contributed by atoms with Gasteiger partial charge in [-0.1, -0.05) is 26.0 Å². The maximum Gasteiger partial charge on any atom is 0.118 e. The van der Waals surface area contributed by atoms with Crippen LogP contribution in [0.5, 0.6) is 5.75 Å². The number of nitrogens with one attached hydrogen (secondary N) is 1. The first-order valence-corrected chi connectivity index (χ1v) is 6.78. The Morgan fingerprint density at radius 1 is 1.26 bits per heavy atom. The number of methoxy groups -OCH3 is 1. The highest BCUT2D eigenvalue weighted by Gasteiger charge is 2.16. The van der Waals surface area contributed by atoms with Crippen molar-refractivity contribution >= 4 is 0 Å². The van der Waals surface area contributed by atoms with Gasteiger partial charge >= 0.3 is 0 Å². The van der Waals surface area contributed by atoms with Gasteiger partial charge < -0.3 is 10.1 Å². The molecule has 0 unspecified atom stereocenters. The van der Waals surface area contributed by atoms with Crippen molar-refractivity contribution in [2.24, 2.45) is 5.41 Å². The molecule has 0 amide bonds. The van der Waals surface area contributed by atoms with Crippen LogP contribution in [-0.2, 0) is 6.42 Å². The van der Waals surface area contributed by atoms with Gasteiger partial charge in [0.25, 0.3) is 0 Å². The molecule has 104 valence electrons. The molecule has 0 spiro atoms. The van der Waals surface area contributed by atoms with Gasteiger partial charge in [0.1, 0.15) is 5.75 Å². The van der Waals surface area contributed by atoms with Gasteiger partial charge in [0, 0.05) is 13.0 Å². The maximum absolute atomic E-state index is 8.61. The van der Waals surface area contributed by atoms with Crippen LogP contribution in [-0.4, -0.2) is 20.2 Å². The molecule has 0 heterocycles. The minimum atomic E-state index is 0.190. The van der Waals surface area contributed by atoms with Gasteiger partial charge in [-0.2, -0.15) is 5.26 Å². The molecule has 0 bridgehead atoms. The standard InChI is InChI=1S/C16H24N2O/c1-16(2,10-4-11-17)13-18-12-9-14-5-7-15(19-3)8-6-14/h5-8,18H,4,9-10,12-13H2,1-3H3. The second kappa shape index (κ2) is 7.81. The summed E-state index contributed by atoms with van der Waals surface area (Å²) >= 11 is 0. The van der Waals surface area contributed by atoms with Crippen molar-refractivity contribution in [3.05, 3.63) is 29.8 Å². The lowest BCUT2D eigenvalue weighted by atomic mass is 9.88. The molecule has 19 heavy (non-hydrogen) atoms. The van der Waals surface area contributed by atoms with E-state index in [4.69, 9.17) is 10.00 Å². The van der Waals surface area contributed by atoms with Gasteiger partial charge in [0.05, 0.1) is 13.2 Å². The van der Waals surface area contributed by atoms with Crippen LogP contribution in [0.15, 0.2) is 24.3 Å². The number of rotatable bonds is 8. The summed E-state index contributed by atoms with van der Waals surface area (Å²) in [6.45, 7) is 6.31. The summed E-state index contributed by atoms with van der Waals surface area (Å²) in [5.74, 6) is 0.898. The fraction of sp³-hybridized carbons (Fsp3) is 0.562. The predicted molar refractivity (Wildman–Crippen MR) is 78.2 cm³/mol. The van der Waals surface area contributed by atoms with Crippen molar-refractivity contribution in [2.75, 3.05) is 20.2 Å². The zero-order valence-corrected chi connectivity index (χ0v) is 12.2. The summed E-state index contributed by atoms with van der Waals surface area (Å²) in [6, 6.07) is 10.4. The van der Waals surface area contributed by atoms with Crippen molar-refractivity contribution in [3.8, 4) is 11.8 Å². The minimum absolute atomic E-state index is 0.190. The molecule has 0 atom stereocenters. The van der Waals surface area contributed by atoms with E-state index in [1.807, 2.05) is 12.1 Å². The Hall–Kier alpha value is -1.53. The lowest BCUT2D eigenvalue weighted by molar-refractivity contribution is 0.319. The highest BCUT2D eigenvalue weighted by molar-refractivity contribution is 5.27. The average molecular weight is 260 g/mol. The van der Waals surface area contributed by atoms with Crippen LogP contribution in [0.4, 0.5) is 0 Å². The number of benzene rings is 1. The Bertz CT molecular complexity index is 404. The molecular weight excluding hydrogens is 236 g/mol. The van der Waals surface area contributed by atoms with Crippen LogP contribution in [0, 0.1) is 16.7 Å². The molecule has 0 aliphatic rings. The number of nitriles is 1. The molecule has 0 fully saturated rings. The first-order valence-electron chi connectivity index (χ1n) is 6.78. The zero-order chi connectivity index (χ0) is 14.1. The highest BCUT2D eigenvalue weighted by atomic mass is 16.5. The summed E-state index contributed by atoms with van der Waals surface area (Å²) in [4.78, 5) is 0. The molecule has 0 radical (unpaired) electrons. The molecule has 1 rings (SSSR count). The molecule has 1 N–H and O–H groups in total. The van der Waals surface area contributed by atoms with E-state index in [0.29, 0.717) is 6.42 Å².